The van der Waals surface area contributed by atoms with Crippen LogP contribution >= 0.6 is 11.6 Å². The largest absolute Gasteiger partial charge is 0.486 e. The summed E-state index contributed by atoms with van der Waals surface area (Å²) >= 11 is 6.46. The minimum Gasteiger partial charge on any atom is -0.486 e. The van der Waals surface area contributed by atoms with E-state index in [-0.39, 0.29) is 12.0 Å². The Balaban J connectivity index is 1.23. The molecular weight excluding hydrogens is 490 g/mol. The van der Waals surface area contributed by atoms with Gasteiger partial charge in [0.15, 0.2) is 0 Å². The third-order valence-corrected chi connectivity index (χ3v) is 6.73. The van der Waals surface area contributed by atoms with Crippen LogP contribution in [0.3, 0.4) is 0 Å². The van der Waals surface area contributed by atoms with Crippen molar-refractivity contribution in [2.45, 2.75) is 12.5 Å². The number of nitrogens with two attached hydrogens (primary N) is 1. The first-order chi connectivity index (χ1) is 18.0. The maximum Gasteiger partial charge on any atom is 0.244 e. The minimum absolute atomic E-state index is 0.219. The summed E-state index contributed by atoms with van der Waals surface area (Å²) in [6.07, 6.45) is 7.02. The fourth-order valence-electron chi connectivity index (χ4n) is 4.43. The average Bonchev–Trinajstić information content (AvgIpc) is 3.37. The number of nitrogen functional groups attached to an aromatic ring is 1. The highest BCUT2D eigenvalue weighted by atomic mass is 35.5. The minimum atomic E-state index is -0.225. The topological polar surface area (TPSA) is 103 Å². The van der Waals surface area contributed by atoms with Gasteiger partial charge in [-0.1, -0.05) is 30.3 Å². The molecule has 2 aliphatic heterocycles. The van der Waals surface area contributed by atoms with E-state index in [4.69, 9.17) is 26.8 Å². The molecule has 1 amide bonds. The van der Waals surface area contributed by atoms with Crippen LogP contribution in [0.2, 0.25) is 5.02 Å². The molecule has 1 saturated heterocycles. The zero-order valence-electron chi connectivity index (χ0n) is 20.3. The number of ether oxygens (including phenoxy) is 2. The fourth-order valence-corrected chi connectivity index (χ4v) is 4.65. The Morgan fingerprint density at radius 3 is 2.73 bits per heavy atom. The molecule has 190 valence electrons. The molecule has 37 heavy (non-hydrogen) atoms. The third-order valence-electron chi connectivity index (χ3n) is 6.43. The van der Waals surface area contributed by atoms with E-state index in [0.717, 1.165) is 46.7 Å². The van der Waals surface area contributed by atoms with Crippen LogP contribution in [-0.4, -0.2) is 59.7 Å². The second-order valence-corrected chi connectivity index (χ2v) is 9.33. The van der Waals surface area contributed by atoms with Crippen LogP contribution in [0, 0.1) is 0 Å². The Bertz CT molecular complexity index is 1320. The van der Waals surface area contributed by atoms with E-state index >= 15 is 0 Å². The quantitative estimate of drug-likeness (QED) is 0.459. The summed E-state index contributed by atoms with van der Waals surface area (Å²) in [5.74, 6) is 0.870. The van der Waals surface area contributed by atoms with Gasteiger partial charge in [0.25, 0.3) is 0 Å². The summed E-state index contributed by atoms with van der Waals surface area (Å²) in [6, 6.07) is 11.3. The number of amides is 1. The van der Waals surface area contributed by atoms with Crippen LogP contribution in [0.5, 0.6) is 5.75 Å². The number of rotatable bonds is 7. The van der Waals surface area contributed by atoms with E-state index in [1.54, 1.807) is 24.4 Å². The van der Waals surface area contributed by atoms with Gasteiger partial charge in [0.1, 0.15) is 17.7 Å². The highest BCUT2D eigenvalue weighted by Gasteiger charge is 2.28. The number of carbonyl (C=O) groups is 1. The van der Waals surface area contributed by atoms with Crippen molar-refractivity contribution in [2.75, 3.05) is 38.6 Å². The predicted octanol–water partition coefficient (Wildman–Crippen LogP) is 3.82. The molecule has 1 unspecified atom stereocenters. The average molecular weight is 518 g/mol. The van der Waals surface area contributed by atoms with Gasteiger partial charge >= 0.3 is 0 Å². The van der Waals surface area contributed by atoms with E-state index in [1.807, 2.05) is 30.5 Å². The number of morpholine rings is 1. The van der Waals surface area contributed by atoms with E-state index in [1.165, 1.54) is 6.08 Å². The lowest BCUT2D eigenvalue weighted by molar-refractivity contribution is -0.116. The van der Waals surface area contributed by atoms with Gasteiger partial charge in [-0.15, -0.1) is 0 Å². The number of benzene rings is 1. The molecule has 1 aromatic carbocycles. The number of fused-ring (bicyclic) bond motifs is 1. The predicted molar refractivity (Wildman–Crippen MR) is 145 cm³/mol. The molecule has 0 saturated carbocycles. The Labute approximate surface area is 220 Å². The van der Waals surface area contributed by atoms with E-state index in [0.29, 0.717) is 42.8 Å². The number of pyridine rings is 2. The van der Waals surface area contributed by atoms with Crippen LogP contribution < -0.4 is 15.8 Å². The normalized spacial score (nSPS) is 16.9. The summed E-state index contributed by atoms with van der Waals surface area (Å²) in [6.45, 7) is 7.61. The lowest BCUT2D eigenvalue weighted by Gasteiger charge is -2.30. The molecule has 0 aliphatic carbocycles. The van der Waals surface area contributed by atoms with E-state index in [2.05, 4.69) is 26.8 Å². The molecule has 3 aromatic rings. The van der Waals surface area contributed by atoms with Crippen molar-refractivity contribution < 1.29 is 14.3 Å². The van der Waals surface area contributed by atoms with Gasteiger partial charge in [-0.2, -0.15) is 0 Å². The standard InChI is InChI=1S/C28H28ClN5O3/c1-18(34-10-12-36-13-11-34)25-7-4-20(16-31-25)22-5-6-24(29)28-23(22)14-21(37-28)17-33-27(35)9-3-19-2-8-26(30)32-15-19/h2-9,15-16,21H,1,10-14,17H2,(H2,30,32)(H,33,35)/b9-3+. The summed E-state index contributed by atoms with van der Waals surface area (Å²) < 4.78 is 11.5. The number of nitrogens with zero attached hydrogens (tertiary/aromatic N) is 3. The number of halogens is 1. The number of hydrogen-bond acceptors (Lipinski definition) is 7. The van der Waals surface area contributed by atoms with Gasteiger partial charge in [0.05, 0.1) is 36.2 Å². The van der Waals surface area contributed by atoms with Crippen molar-refractivity contribution in [2.24, 2.45) is 0 Å². The molecule has 0 radical (unpaired) electrons. The van der Waals surface area contributed by atoms with Crippen LogP contribution in [0.15, 0.2) is 61.4 Å². The number of anilines is 1. The van der Waals surface area contributed by atoms with E-state index in [9.17, 15) is 4.79 Å². The van der Waals surface area contributed by atoms with Crippen LogP contribution in [0.25, 0.3) is 22.9 Å². The summed E-state index contributed by atoms with van der Waals surface area (Å²) in [7, 11) is 0. The van der Waals surface area contributed by atoms with Crippen molar-refractivity contribution in [3.05, 3.63) is 83.3 Å². The van der Waals surface area contributed by atoms with Gasteiger partial charge in [-0.25, -0.2) is 4.98 Å². The Kier molecular flexibility index (Phi) is 7.39. The van der Waals surface area contributed by atoms with Crippen molar-refractivity contribution >= 4 is 35.1 Å². The molecule has 4 heterocycles. The molecule has 1 atom stereocenters. The number of nitrogens with one attached hydrogen (secondary N) is 1. The molecule has 2 aliphatic rings. The molecule has 2 aromatic heterocycles. The molecular formula is C28H28ClN5O3. The van der Waals surface area contributed by atoms with Crippen LogP contribution in [0.1, 0.15) is 16.8 Å². The van der Waals surface area contributed by atoms with Crippen molar-refractivity contribution in [1.29, 1.82) is 0 Å². The Morgan fingerprint density at radius 1 is 1.16 bits per heavy atom. The first-order valence-electron chi connectivity index (χ1n) is 12.1. The maximum absolute atomic E-state index is 12.3. The monoisotopic (exact) mass is 517 g/mol. The molecule has 3 N–H and O–H groups in total. The first kappa shape index (κ1) is 24.8. The second kappa shape index (κ2) is 11.0. The van der Waals surface area contributed by atoms with Gasteiger partial charge < -0.3 is 25.4 Å². The first-order valence-corrected chi connectivity index (χ1v) is 12.5. The molecule has 5 rings (SSSR count). The second-order valence-electron chi connectivity index (χ2n) is 8.92. The van der Waals surface area contributed by atoms with Crippen LogP contribution in [-0.2, 0) is 16.0 Å². The lowest BCUT2D eigenvalue weighted by Crippen LogP contribution is -2.34. The molecule has 0 spiro atoms. The Morgan fingerprint density at radius 2 is 2.00 bits per heavy atom. The highest BCUT2D eigenvalue weighted by molar-refractivity contribution is 6.32. The third kappa shape index (κ3) is 5.76. The zero-order valence-corrected chi connectivity index (χ0v) is 21.1. The highest BCUT2D eigenvalue weighted by Crippen LogP contribution is 2.42. The lowest BCUT2D eigenvalue weighted by atomic mass is 9.97. The van der Waals surface area contributed by atoms with Crippen molar-refractivity contribution in [1.82, 2.24) is 20.2 Å². The van der Waals surface area contributed by atoms with Gasteiger partial charge in [0, 0.05) is 49.1 Å². The zero-order chi connectivity index (χ0) is 25.8. The summed E-state index contributed by atoms with van der Waals surface area (Å²) in [5.41, 5.74) is 11.1. The number of carbonyl (C=O) groups excluding carboxylic acids is 1. The summed E-state index contributed by atoms with van der Waals surface area (Å²) in [4.78, 5) is 23.2. The van der Waals surface area contributed by atoms with Crippen LogP contribution in [0.4, 0.5) is 5.82 Å². The summed E-state index contributed by atoms with van der Waals surface area (Å²) in [5, 5.41) is 3.45. The number of aromatic nitrogens is 2. The molecule has 9 heteroatoms. The molecule has 8 nitrogen and oxygen atoms in total. The SMILES string of the molecule is C=C(c1ccc(-c2ccc(Cl)c3c2CC(CNC(=O)/C=C/c2ccc(N)nc2)O3)cn1)N1CCOCC1. The fraction of sp³-hybridized carbons (Fsp3) is 0.250. The maximum atomic E-state index is 12.3. The van der Waals surface area contributed by atoms with Gasteiger partial charge in [-0.3, -0.25) is 9.78 Å². The van der Waals surface area contributed by atoms with E-state index < -0.39 is 0 Å². The van der Waals surface area contributed by atoms with Crippen molar-refractivity contribution in [3.8, 4) is 16.9 Å². The van der Waals surface area contributed by atoms with Crippen molar-refractivity contribution in [3.63, 3.8) is 0 Å². The Hall–Kier alpha value is -3.88. The van der Waals surface area contributed by atoms with Gasteiger partial charge in [-0.05, 0) is 41.5 Å². The molecule has 0 bridgehead atoms. The number of hydrogen-bond donors (Lipinski definition) is 2. The van der Waals surface area contributed by atoms with Gasteiger partial charge in [0.2, 0.25) is 5.91 Å². The smallest absolute Gasteiger partial charge is 0.244 e. The molecule has 1 fully saturated rings.